The molecule has 0 fully saturated rings. The molecule has 0 N–H and O–H groups in total. The van der Waals surface area contributed by atoms with Crippen LogP contribution >= 0.6 is 11.6 Å². The van der Waals surface area contributed by atoms with Gasteiger partial charge in [-0.25, -0.2) is 19.2 Å². The van der Waals surface area contributed by atoms with Gasteiger partial charge in [0.25, 0.3) is 0 Å². The summed E-state index contributed by atoms with van der Waals surface area (Å²) in [6.07, 6.45) is 3.44. The predicted octanol–water partition coefficient (Wildman–Crippen LogP) is 5.08. The molecule has 5 aromatic rings. The number of benzene rings is 2. The van der Waals surface area contributed by atoms with Gasteiger partial charge in [-0.2, -0.15) is 5.10 Å². The van der Waals surface area contributed by atoms with E-state index in [9.17, 15) is 0 Å². The molecule has 5 rings (SSSR count). The average molecular weight is 403 g/mol. The van der Waals surface area contributed by atoms with E-state index in [0.29, 0.717) is 10.8 Å². The molecule has 0 unspecified atom stereocenters. The first-order valence-corrected chi connectivity index (χ1v) is 9.74. The molecule has 6 nitrogen and oxygen atoms in total. The first-order chi connectivity index (χ1) is 13.9. The average Bonchev–Trinajstić information content (AvgIpc) is 3.32. The van der Waals surface area contributed by atoms with Gasteiger partial charge in [-0.3, -0.25) is 0 Å². The normalized spacial score (nSPS) is 12.1. The Morgan fingerprint density at radius 2 is 1.62 bits per heavy atom. The van der Waals surface area contributed by atoms with Crippen molar-refractivity contribution < 1.29 is 0 Å². The van der Waals surface area contributed by atoms with Crippen LogP contribution < -0.4 is 0 Å². The molecule has 0 spiro atoms. The third kappa shape index (κ3) is 3.06. The monoisotopic (exact) mass is 402 g/mol. The summed E-state index contributed by atoms with van der Waals surface area (Å²) in [5.74, 6) is 0.666. The summed E-state index contributed by atoms with van der Waals surface area (Å²) in [6.45, 7) is 6.60. The van der Waals surface area contributed by atoms with Crippen molar-refractivity contribution in [1.29, 1.82) is 0 Å². The molecule has 2 aromatic carbocycles. The quantitative estimate of drug-likeness (QED) is 0.413. The van der Waals surface area contributed by atoms with Gasteiger partial charge in [-0.1, -0.05) is 56.6 Å². The Hall–Kier alpha value is -3.25. The molecule has 0 aliphatic carbocycles. The number of aromatic nitrogens is 6. The second kappa shape index (κ2) is 6.39. The molecule has 29 heavy (non-hydrogen) atoms. The first kappa shape index (κ1) is 17.8. The van der Waals surface area contributed by atoms with Crippen LogP contribution in [0, 0.1) is 0 Å². The van der Waals surface area contributed by atoms with E-state index in [-0.39, 0.29) is 5.41 Å². The Bertz CT molecular complexity index is 1320. The molecule has 0 radical (unpaired) electrons. The first-order valence-electron chi connectivity index (χ1n) is 9.36. The zero-order valence-corrected chi connectivity index (χ0v) is 17.1. The topological polar surface area (TPSA) is 60.9 Å². The largest absolute Gasteiger partial charge is 0.216 e. The Kier molecular flexibility index (Phi) is 3.93. The van der Waals surface area contributed by atoms with Crippen molar-refractivity contribution in [3.63, 3.8) is 0 Å². The molecule has 0 amide bonds. The highest BCUT2D eigenvalue weighted by atomic mass is 35.5. The summed E-state index contributed by atoms with van der Waals surface area (Å²) in [7, 11) is 0. The van der Waals surface area contributed by atoms with E-state index in [1.165, 1.54) is 5.56 Å². The highest BCUT2D eigenvalue weighted by Crippen LogP contribution is 2.26. The third-order valence-electron chi connectivity index (χ3n) is 4.99. The summed E-state index contributed by atoms with van der Waals surface area (Å²) >= 11 is 6.00. The Morgan fingerprint density at radius 1 is 0.897 bits per heavy atom. The van der Waals surface area contributed by atoms with E-state index < -0.39 is 0 Å². The summed E-state index contributed by atoms with van der Waals surface area (Å²) < 4.78 is 3.47. The molecule has 0 saturated heterocycles. The summed E-state index contributed by atoms with van der Waals surface area (Å²) in [4.78, 5) is 9.31. The zero-order chi connectivity index (χ0) is 20.2. The van der Waals surface area contributed by atoms with Gasteiger partial charge in [0.2, 0.25) is 0 Å². The van der Waals surface area contributed by atoms with Gasteiger partial charge < -0.3 is 0 Å². The summed E-state index contributed by atoms with van der Waals surface area (Å²) in [5, 5.41) is 10.6. The molecule has 3 heterocycles. The molecule has 0 atom stereocenters. The van der Waals surface area contributed by atoms with Gasteiger partial charge in [0.15, 0.2) is 17.1 Å². The maximum absolute atomic E-state index is 6.00. The SMILES string of the molecule is CC(C)(C)c1ccc(-c2nc3c4cnn(-c5ccc(Cl)cc5)c4ncn3n2)cc1. The van der Waals surface area contributed by atoms with E-state index in [0.717, 1.165) is 27.9 Å². The Balaban J connectivity index is 1.60. The number of nitrogens with zero attached hydrogens (tertiary/aromatic N) is 6. The molecule has 3 aromatic heterocycles. The van der Waals surface area contributed by atoms with Crippen molar-refractivity contribution in [3.05, 3.63) is 71.6 Å². The van der Waals surface area contributed by atoms with Gasteiger partial charge >= 0.3 is 0 Å². The Labute approximate surface area is 172 Å². The molecule has 0 saturated carbocycles. The number of hydrogen-bond acceptors (Lipinski definition) is 4. The van der Waals surface area contributed by atoms with Crippen LogP contribution in [0.5, 0.6) is 0 Å². The van der Waals surface area contributed by atoms with Crippen LogP contribution in [0.3, 0.4) is 0 Å². The third-order valence-corrected chi connectivity index (χ3v) is 5.24. The molecular formula is C22H19ClN6. The molecule has 7 heteroatoms. The summed E-state index contributed by atoms with van der Waals surface area (Å²) in [5.41, 5.74) is 4.70. The summed E-state index contributed by atoms with van der Waals surface area (Å²) in [6, 6.07) is 15.9. The highest BCUT2D eigenvalue weighted by molar-refractivity contribution is 6.30. The van der Waals surface area contributed by atoms with E-state index in [1.807, 2.05) is 24.3 Å². The van der Waals surface area contributed by atoms with Crippen molar-refractivity contribution in [3.8, 4) is 17.1 Å². The highest BCUT2D eigenvalue weighted by Gasteiger charge is 2.16. The van der Waals surface area contributed by atoms with Crippen molar-refractivity contribution >= 4 is 28.3 Å². The van der Waals surface area contributed by atoms with E-state index in [4.69, 9.17) is 16.6 Å². The van der Waals surface area contributed by atoms with Crippen molar-refractivity contribution in [2.24, 2.45) is 0 Å². The fourth-order valence-electron chi connectivity index (χ4n) is 3.33. The fraction of sp³-hybridized carbons (Fsp3) is 0.182. The lowest BCUT2D eigenvalue weighted by molar-refractivity contribution is 0.590. The maximum Gasteiger partial charge on any atom is 0.182 e. The van der Waals surface area contributed by atoms with Crippen LogP contribution in [0.25, 0.3) is 33.8 Å². The van der Waals surface area contributed by atoms with Gasteiger partial charge in [0.05, 0.1) is 17.3 Å². The molecule has 0 aliphatic rings. The minimum absolute atomic E-state index is 0.108. The number of fused-ring (bicyclic) bond motifs is 3. The lowest BCUT2D eigenvalue weighted by Crippen LogP contribution is -2.10. The maximum atomic E-state index is 6.00. The van der Waals surface area contributed by atoms with Crippen molar-refractivity contribution in [1.82, 2.24) is 29.4 Å². The van der Waals surface area contributed by atoms with E-state index in [2.05, 4.69) is 60.2 Å². The second-order valence-corrected chi connectivity index (χ2v) is 8.48. The lowest BCUT2D eigenvalue weighted by atomic mass is 9.87. The van der Waals surface area contributed by atoms with Crippen LogP contribution in [0.15, 0.2) is 61.1 Å². The van der Waals surface area contributed by atoms with Crippen LogP contribution in [-0.2, 0) is 5.41 Å². The second-order valence-electron chi connectivity index (χ2n) is 8.05. The van der Waals surface area contributed by atoms with Crippen molar-refractivity contribution in [2.75, 3.05) is 0 Å². The zero-order valence-electron chi connectivity index (χ0n) is 16.3. The van der Waals surface area contributed by atoms with Crippen molar-refractivity contribution in [2.45, 2.75) is 26.2 Å². The van der Waals surface area contributed by atoms with Crippen LogP contribution in [0.1, 0.15) is 26.3 Å². The van der Waals surface area contributed by atoms with Crippen LogP contribution in [-0.4, -0.2) is 29.4 Å². The van der Waals surface area contributed by atoms with Gasteiger partial charge in [-0.05, 0) is 35.2 Å². The molecule has 0 aliphatic heterocycles. The lowest BCUT2D eigenvalue weighted by Gasteiger charge is -2.18. The number of hydrogen-bond donors (Lipinski definition) is 0. The van der Waals surface area contributed by atoms with E-state index in [1.54, 1.807) is 21.7 Å². The predicted molar refractivity (Wildman–Crippen MR) is 115 cm³/mol. The fourth-order valence-corrected chi connectivity index (χ4v) is 3.46. The van der Waals surface area contributed by atoms with Gasteiger partial charge in [0.1, 0.15) is 6.33 Å². The van der Waals surface area contributed by atoms with Crippen LogP contribution in [0.2, 0.25) is 5.02 Å². The molecule has 144 valence electrons. The van der Waals surface area contributed by atoms with Gasteiger partial charge in [-0.15, -0.1) is 5.10 Å². The number of halogens is 1. The van der Waals surface area contributed by atoms with Crippen LogP contribution in [0.4, 0.5) is 0 Å². The Morgan fingerprint density at radius 3 is 2.31 bits per heavy atom. The molecular weight excluding hydrogens is 384 g/mol. The standard InChI is InChI=1S/C22H19ClN6/c1-22(2,3)15-6-4-14(5-7-15)19-26-21-18-12-25-29(17-10-8-16(23)9-11-17)20(18)24-13-28(21)27-19/h4-13H,1-3H3. The molecule has 0 bridgehead atoms. The number of rotatable bonds is 2. The van der Waals surface area contributed by atoms with Gasteiger partial charge in [0, 0.05) is 10.6 Å². The minimum Gasteiger partial charge on any atom is -0.216 e. The van der Waals surface area contributed by atoms with E-state index >= 15 is 0 Å². The smallest absolute Gasteiger partial charge is 0.182 e. The minimum atomic E-state index is 0.108.